The van der Waals surface area contributed by atoms with Crippen molar-refractivity contribution >= 4 is 173 Å². The first kappa shape index (κ1) is 95.0. The van der Waals surface area contributed by atoms with Gasteiger partial charge in [0.05, 0.1) is 109 Å². The fraction of sp³-hybridized carbons (Fsp3) is 0.124. The number of hydrogen-bond donors (Lipinski definition) is 5. The van der Waals surface area contributed by atoms with Crippen molar-refractivity contribution in [3.63, 3.8) is 0 Å². The summed E-state index contributed by atoms with van der Waals surface area (Å²) in [5, 5.41) is 70.2. The number of halogens is 3. The van der Waals surface area contributed by atoms with Gasteiger partial charge in [-0.3, -0.25) is 5.10 Å². The summed E-state index contributed by atoms with van der Waals surface area (Å²) in [6, 6.07) is 53.6. The molecule has 5 N–H and O–H groups in total. The van der Waals surface area contributed by atoms with Crippen molar-refractivity contribution in [1.82, 2.24) is 57.7 Å². The lowest BCUT2D eigenvalue weighted by atomic mass is 9.79. The molecule has 0 saturated heterocycles. The number of pyridine rings is 4. The lowest BCUT2D eigenvalue weighted by Crippen LogP contribution is -2.31. The van der Waals surface area contributed by atoms with Crippen molar-refractivity contribution in [2.24, 2.45) is 0 Å². The number of aromatic amines is 1. The molecule has 0 bridgehead atoms. The molecule has 30 nitrogen and oxygen atoms in total. The summed E-state index contributed by atoms with van der Waals surface area (Å²) in [4.78, 5) is 17.6. The van der Waals surface area contributed by atoms with E-state index in [4.69, 9.17) is 81.2 Å². The summed E-state index contributed by atoms with van der Waals surface area (Å²) in [5.41, 5.74) is 12.9. The number of thiophene rings is 3. The molecular formula is C89H79B2BrCl2N12O18S6. The van der Waals surface area contributed by atoms with Gasteiger partial charge in [0.25, 0.3) is 30.1 Å². The molecule has 666 valence electrons. The van der Waals surface area contributed by atoms with Crippen LogP contribution in [0.5, 0.6) is 46.0 Å². The number of rotatable bonds is 21. The predicted octanol–water partition coefficient (Wildman–Crippen LogP) is 16.3. The van der Waals surface area contributed by atoms with E-state index in [2.05, 4.69) is 78.2 Å². The second-order valence-electron chi connectivity index (χ2n) is 27.8. The highest BCUT2D eigenvalue weighted by atomic mass is 79.9. The molecule has 0 spiro atoms. The number of benzene rings is 7. The average Bonchev–Trinajstić information content (AvgIpc) is 1.67. The van der Waals surface area contributed by atoms with Gasteiger partial charge in [-0.2, -0.15) is 74.6 Å². The summed E-state index contributed by atoms with van der Waals surface area (Å²) in [6.45, 7) is 5.68. The molecule has 11 aromatic heterocycles. The zero-order valence-corrected chi connectivity index (χ0v) is 78.8. The maximum atomic E-state index is 13.7. The Morgan fingerprint density at radius 2 is 0.746 bits per heavy atom. The minimum atomic E-state index is -4.01. The van der Waals surface area contributed by atoms with Crippen LogP contribution in [0.15, 0.2) is 264 Å². The van der Waals surface area contributed by atoms with Gasteiger partial charge in [-0.05, 0) is 212 Å². The first-order chi connectivity index (χ1) is 62.5. The third kappa shape index (κ3) is 20.5. The van der Waals surface area contributed by atoms with Crippen molar-refractivity contribution in [3.05, 3.63) is 276 Å². The van der Waals surface area contributed by atoms with Crippen LogP contribution in [-0.2, 0) is 30.1 Å². The Labute approximate surface area is 778 Å². The van der Waals surface area contributed by atoms with Crippen LogP contribution in [-0.4, -0.2) is 174 Å². The fourth-order valence-corrected chi connectivity index (χ4v) is 20.1. The van der Waals surface area contributed by atoms with Gasteiger partial charge in [0.15, 0.2) is 22.6 Å². The molecule has 0 unspecified atom stereocenters. The maximum absolute atomic E-state index is 13.7. The van der Waals surface area contributed by atoms with E-state index in [0.29, 0.717) is 104 Å². The molecule has 7 aromatic carbocycles. The highest BCUT2D eigenvalue weighted by Gasteiger charge is 2.32. The van der Waals surface area contributed by atoms with Crippen LogP contribution in [0, 0.1) is 20.8 Å². The number of aromatic nitrogens is 12. The minimum Gasteiger partial charge on any atom is -0.497 e. The maximum Gasteiger partial charge on any atom is 0.492 e. The summed E-state index contributed by atoms with van der Waals surface area (Å²) in [7, 11) is -2.19. The zero-order chi connectivity index (χ0) is 92.9. The fourth-order valence-electron chi connectivity index (χ4n) is 13.2. The number of hydrogen-bond acceptors (Lipinski definition) is 29. The summed E-state index contributed by atoms with van der Waals surface area (Å²) in [6.07, 6.45) is 6.28. The number of methoxy groups -OCH3 is 8. The number of H-pyrrole nitrogens is 1. The molecule has 41 heteroatoms. The average molecular weight is 1970 g/mol. The predicted molar refractivity (Wildman–Crippen MR) is 511 cm³/mol. The monoisotopic (exact) mass is 1970 g/mol. The summed E-state index contributed by atoms with van der Waals surface area (Å²) >= 11 is 20.4. The van der Waals surface area contributed by atoms with Gasteiger partial charge in [0, 0.05) is 71.2 Å². The van der Waals surface area contributed by atoms with E-state index < -0.39 is 44.3 Å². The number of fused-ring (bicyclic) bond motifs is 4. The molecule has 18 rings (SSSR count). The molecule has 0 fully saturated rings. The second-order valence-corrected chi connectivity index (χ2v) is 37.0. The van der Waals surface area contributed by atoms with Crippen LogP contribution in [0.2, 0.25) is 10.0 Å². The largest absolute Gasteiger partial charge is 0.497 e. The van der Waals surface area contributed by atoms with E-state index in [1.807, 2.05) is 74.0 Å². The number of nitrogens with one attached hydrogen (secondary N) is 1. The highest BCUT2D eigenvalue weighted by Crippen LogP contribution is 2.45. The highest BCUT2D eigenvalue weighted by molar-refractivity contribution is 9.10. The van der Waals surface area contributed by atoms with Crippen LogP contribution < -0.4 is 48.8 Å². The quantitative estimate of drug-likeness (QED) is 0.0417. The van der Waals surface area contributed by atoms with Crippen molar-refractivity contribution in [2.45, 2.75) is 35.5 Å². The lowest BCUT2D eigenvalue weighted by Gasteiger charge is -2.10. The molecule has 0 aliphatic carbocycles. The summed E-state index contributed by atoms with van der Waals surface area (Å²) < 4.78 is 125. The Bertz CT molecular complexity index is 7390. The normalized spacial score (nSPS) is 11.2. The van der Waals surface area contributed by atoms with E-state index >= 15 is 0 Å². The third-order valence-electron chi connectivity index (χ3n) is 19.8. The SMILES string of the molecule is COc1ccc(-c2[nH]nc3nccc(-c4ccsc4)c23)c(OC)c1.COc1ccc(-c2nn(S(=O)(=O)c3ccc(C)cc3)c3nccc(-c4ccsc4)c23)c(OC)c1.COc1ccc(-c2nn(S(=O)(=O)c3ccc(C)cc3)c3nccc(Cl)c23)c(OC)c1.COc1ccc(B(O)O)c(OC)c1.Cc1ccc(S(=O)(=O)n2nc(Br)c3c(Cl)ccnc32)cc1.OB(O)c1ccsc1. The Hall–Kier alpha value is -12.6. The van der Waals surface area contributed by atoms with E-state index in [1.165, 1.54) is 69.3 Å². The van der Waals surface area contributed by atoms with Crippen LogP contribution in [0.1, 0.15) is 16.7 Å². The van der Waals surface area contributed by atoms with Crippen LogP contribution >= 0.6 is 73.1 Å². The Balaban J connectivity index is 0.000000139. The second kappa shape index (κ2) is 41.9. The molecule has 18 aromatic rings. The third-order valence-corrected chi connectivity index (χ3v) is 27.8. The molecule has 0 amide bonds. The Morgan fingerprint density at radius 3 is 1.15 bits per heavy atom. The van der Waals surface area contributed by atoms with E-state index in [0.717, 1.165) is 79.3 Å². The topological polar surface area (TPSA) is 391 Å². The van der Waals surface area contributed by atoms with E-state index in [1.54, 1.807) is 197 Å². The molecule has 0 radical (unpaired) electrons. The van der Waals surface area contributed by atoms with Crippen molar-refractivity contribution < 1.29 is 83.2 Å². The lowest BCUT2D eigenvalue weighted by molar-refractivity contribution is 0.390. The van der Waals surface area contributed by atoms with Gasteiger partial charge in [-0.1, -0.05) is 88.4 Å². The van der Waals surface area contributed by atoms with Gasteiger partial charge < -0.3 is 58.0 Å². The number of ether oxygens (including phenoxy) is 8. The molecular weight excluding hydrogens is 1890 g/mol. The molecule has 0 atom stereocenters. The summed E-state index contributed by atoms with van der Waals surface area (Å²) in [5.74, 6) is 4.67. The van der Waals surface area contributed by atoms with Crippen LogP contribution in [0.25, 0.3) is 100 Å². The Morgan fingerprint density at radius 1 is 0.377 bits per heavy atom. The Kier molecular flexibility index (Phi) is 30.6. The number of aryl methyl sites for hydroxylation is 3. The van der Waals surface area contributed by atoms with Crippen molar-refractivity contribution in [2.75, 3.05) is 56.9 Å². The first-order valence-corrected chi connectivity index (χ1v) is 47.3. The molecule has 130 heavy (non-hydrogen) atoms. The number of nitrogens with zero attached hydrogens (tertiary/aromatic N) is 11. The van der Waals surface area contributed by atoms with Gasteiger partial charge in [0.2, 0.25) is 0 Å². The van der Waals surface area contributed by atoms with E-state index in [9.17, 15) is 25.3 Å². The zero-order valence-electron chi connectivity index (χ0n) is 70.8. The molecule has 0 saturated carbocycles. The first-order valence-electron chi connectivity index (χ1n) is 38.6. The minimum absolute atomic E-state index is 0.104. The van der Waals surface area contributed by atoms with Crippen molar-refractivity contribution in [1.29, 1.82) is 0 Å². The van der Waals surface area contributed by atoms with E-state index in [-0.39, 0.29) is 31.6 Å². The van der Waals surface area contributed by atoms with Gasteiger partial charge in [-0.15, -0.1) is 17.4 Å². The van der Waals surface area contributed by atoms with Gasteiger partial charge in [-0.25, -0.2) is 19.9 Å². The van der Waals surface area contributed by atoms with Gasteiger partial charge in [0.1, 0.15) is 62.0 Å². The van der Waals surface area contributed by atoms with Crippen molar-refractivity contribution in [3.8, 4) is 102 Å². The van der Waals surface area contributed by atoms with Crippen LogP contribution in [0.3, 0.4) is 0 Å². The van der Waals surface area contributed by atoms with Gasteiger partial charge >= 0.3 is 14.2 Å². The molecule has 0 aliphatic heterocycles. The smallest absolute Gasteiger partial charge is 0.492 e. The standard InChI is InChI=1S/C25H21N3O4S2.C21H18ClN3O4S.C18H15N3O2S.C13H9BrClN3O2S.C8H11BO4.C4H5BO2S/c1-16-4-7-19(8-5-16)34(29,30)28-25-23(20(10-12-26-25)17-11-13-33-15-17)24(27-28)21-9-6-18(31-2)14-22(21)32-3;1-13-4-7-15(8-5-13)30(26,27)25-21-19(17(22)10-11-23-21)20(24-25)16-9-6-14(28-2)12-18(16)29-3;1-22-12-3-4-14(15(9-12)23-2)17-16-13(11-6-8-24-10-11)5-7-19-18(16)21-20-17;1-8-2-4-9(5-3-8)21(19,20)18-13-11(12(14)17-18)10(15)6-7-16-13;1-12-6-3-4-7(9(10)11)8(5-6)13-2;6-5(7)4-1-2-8-3-4/h4-15H,1-3H3;4-12H,1-3H3;3-10H,1-2H3,(H,19,20,21);2-7H,1H3;3-5,10-11H,1-2H3;1-3,6-7H. The molecule has 11 heterocycles. The van der Waals surface area contributed by atoms with Crippen LogP contribution in [0.4, 0.5) is 0 Å². The molecule has 0 aliphatic rings.